The predicted molar refractivity (Wildman–Crippen MR) is 173 cm³/mol. The van der Waals surface area contributed by atoms with Gasteiger partial charge < -0.3 is 4.74 Å². The van der Waals surface area contributed by atoms with Crippen LogP contribution in [0.1, 0.15) is 0 Å². The molecule has 1 aliphatic rings. The largest absolute Gasteiger partial charge is 0.456 e. The van der Waals surface area contributed by atoms with Gasteiger partial charge in [-0.15, -0.1) is 0 Å². The number of hydrogen-bond acceptors (Lipinski definition) is 1. The molecule has 0 amide bonds. The van der Waals surface area contributed by atoms with Crippen molar-refractivity contribution in [2.75, 3.05) is 0 Å². The molecule has 1 aliphatic heterocycles. The summed E-state index contributed by atoms with van der Waals surface area (Å²) in [5.41, 5.74) is 7.29. The van der Waals surface area contributed by atoms with Crippen LogP contribution in [0.25, 0.3) is 76.5 Å². The predicted octanol–water partition coefficient (Wildman–Crippen LogP) is 11.4. The smallest absolute Gasteiger partial charge is 0.135 e. The lowest BCUT2D eigenvalue weighted by Crippen LogP contribution is -1.97. The summed E-state index contributed by atoms with van der Waals surface area (Å²) in [6.45, 7) is 0. The molecular formula is C40H24O. The van der Waals surface area contributed by atoms with Crippen LogP contribution < -0.4 is 4.74 Å². The van der Waals surface area contributed by atoms with Crippen molar-refractivity contribution in [2.45, 2.75) is 0 Å². The van der Waals surface area contributed by atoms with Crippen LogP contribution in [0, 0.1) is 0 Å². The number of hydrogen-bond donors (Lipinski definition) is 0. The maximum atomic E-state index is 6.28. The fourth-order valence-electron chi connectivity index (χ4n) is 6.74. The molecular weight excluding hydrogens is 496 g/mol. The molecule has 0 N–H and O–H groups in total. The normalized spacial score (nSPS) is 12.1. The Morgan fingerprint density at radius 3 is 2.02 bits per heavy atom. The second kappa shape index (κ2) is 8.55. The monoisotopic (exact) mass is 520 g/mol. The van der Waals surface area contributed by atoms with Gasteiger partial charge in [-0.25, -0.2) is 0 Å². The molecule has 0 saturated heterocycles. The standard InChI is InChI=1S/C40H24O/c1-3-14-31-25(9-1)19-20-34-35(31)23-27-10-2-4-15-32(27)39(34)28-12-7-11-26(21-28)30-22-29-13-8-18-38-40(29)36(24-30)33-16-5-6-17-37(33)41-38/h1-24H. The molecule has 1 heterocycles. The lowest BCUT2D eigenvalue weighted by molar-refractivity contribution is 0.487. The molecule has 0 unspecified atom stereocenters. The maximum Gasteiger partial charge on any atom is 0.135 e. The van der Waals surface area contributed by atoms with Crippen molar-refractivity contribution >= 4 is 43.1 Å². The number of fused-ring (bicyclic) bond motifs is 6. The molecule has 0 atom stereocenters. The topological polar surface area (TPSA) is 9.23 Å². The van der Waals surface area contributed by atoms with Crippen molar-refractivity contribution in [2.24, 2.45) is 0 Å². The van der Waals surface area contributed by atoms with Gasteiger partial charge in [-0.3, -0.25) is 0 Å². The van der Waals surface area contributed by atoms with Gasteiger partial charge in [0.1, 0.15) is 11.5 Å². The minimum Gasteiger partial charge on any atom is -0.456 e. The fraction of sp³-hybridized carbons (Fsp3) is 0. The first-order valence-electron chi connectivity index (χ1n) is 14.1. The third-order valence-corrected chi connectivity index (χ3v) is 8.59. The van der Waals surface area contributed by atoms with Crippen molar-refractivity contribution < 1.29 is 4.74 Å². The van der Waals surface area contributed by atoms with Crippen molar-refractivity contribution in [3.63, 3.8) is 0 Å². The van der Waals surface area contributed by atoms with E-state index in [1.165, 1.54) is 70.9 Å². The summed E-state index contributed by atoms with van der Waals surface area (Å²) < 4.78 is 6.28. The maximum absolute atomic E-state index is 6.28. The van der Waals surface area contributed by atoms with E-state index in [0.29, 0.717) is 0 Å². The van der Waals surface area contributed by atoms with Gasteiger partial charge in [0.05, 0.1) is 0 Å². The quantitative estimate of drug-likeness (QED) is 0.163. The van der Waals surface area contributed by atoms with E-state index in [9.17, 15) is 0 Å². The summed E-state index contributed by atoms with van der Waals surface area (Å²) in [5, 5.41) is 10.0. The van der Waals surface area contributed by atoms with Crippen molar-refractivity contribution in [1.82, 2.24) is 0 Å². The molecule has 8 aromatic rings. The van der Waals surface area contributed by atoms with Crippen molar-refractivity contribution in [3.05, 3.63) is 146 Å². The zero-order valence-corrected chi connectivity index (χ0v) is 22.3. The van der Waals surface area contributed by atoms with E-state index < -0.39 is 0 Å². The third-order valence-electron chi connectivity index (χ3n) is 8.59. The first kappa shape index (κ1) is 22.4. The van der Waals surface area contributed by atoms with Crippen LogP contribution in [0.2, 0.25) is 0 Å². The van der Waals surface area contributed by atoms with Crippen LogP contribution in [-0.2, 0) is 0 Å². The lowest BCUT2D eigenvalue weighted by atomic mass is 9.87. The highest BCUT2D eigenvalue weighted by atomic mass is 16.5. The summed E-state index contributed by atoms with van der Waals surface area (Å²) in [5.74, 6) is 1.83. The Kier molecular flexibility index (Phi) is 4.67. The van der Waals surface area contributed by atoms with Crippen LogP contribution in [0.15, 0.2) is 146 Å². The Balaban J connectivity index is 1.31. The lowest BCUT2D eigenvalue weighted by Gasteiger charge is -2.22. The Labute approximate surface area is 237 Å². The van der Waals surface area contributed by atoms with Gasteiger partial charge in [0, 0.05) is 10.9 Å². The van der Waals surface area contributed by atoms with Gasteiger partial charge in [0.2, 0.25) is 0 Å². The van der Waals surface area contributed by atoms with Crippen LogP contribution in [-0.4, -0.2) is 0 Å². The van der Waals surface area contributed by atoms with E-state index in [1.807, 2.05) is 6.07 Å². The molecule has 0 fully saturated rings. The summed E-state index contributed by atoms with van der Waals surface area (Å²) in [7, 11) is 0. The van der Waals surface area contributed by atoms with Crippen molar-refractivity contribution in [1.29, 1.82) is 0 Å². The molecule has 190 valence electrons. The SMILES string of the molecule is c1cc(-c2cc3c4c(cccc4c2)Oc2ccccc2-3)cc(-c2c3ccccc3cc3c2ccc2ccccc23)c1. The van der Waals surface area contributed by atoms with E-state index >= 15 is 0 Å². The second-order valence-corrected chi connectivity index (χ2v) is 10.9. The number of benzene rings is 8. The van der Waals surface area contributed by atoms with Gasteiger partial charge in [-0.1, -0.05) is 109 Å². The molecule has 8 aromatic carbocycles. The first-order valence-corrected chi connectivity index (χ1v) is 14.1. The van der Waals surface area contributed by atoms with E-state index in [4.69, 9.17) is 4.74 Å². The van der Waals surface area contributed by atoms with Gasteiger partial charge in [-0.05, 0) is 102 Å². The van der Waals surface area contributed by atoms with Gasteiger partial charge >= 0.3 is 0 Å². The molecule has 1 nitrogen and oxygen atoms in total. The second-order valence-electron chi connectivity index (χ2n) is 10.9. The minimum absolute atomic E-state index is 0.910. The highest BCUT2D eigenvalue weighted by Gasteiger charge is 2.21. The molecule has 0 aliphatic carbocycles. The summed E-state index contributed by atoms with van der Waals surface area (Å²) in [4.78, 5) is 0. The zero-order chi connectivity index (χ0) is 26.9. The Bertz CT molecular complexity index is 2340. The van der Waals surface area contributed by atoms with Gasteiger partial charge in [-0.2, -0.15) is 0 Å². The summed E-state index contributed by atoms with van der Waals surface area (Å²) in [6, 6.07) is 52.7. The fourth-order valence-corrected chi connectivity index (χ4v) is 6.74. The van der Waals surface area contributed by atoms with Gasteiger partial charge in [0.15, 0.2) is 0 Å². The summed E-state index contributed by atoms with van der Waals surface area (Å²) in [6.07, 6.45) is 0. The van der Waals surface area contributed by atoms with Crippen molar-refractivity contribution in [3.8, 4) is 44.9 Å². The molecule has 9 rings (SSSR count). The minimum atomic E-state index is 0.910. The highest BCUT2D eigenvalue weighted by Crippen LogP contribution is 2.48. The van der Waals surface area contributed by atoms with E-state index in [1.54, 1.807) is 0 Å². The molecule has 1 heteroatoms. The molecule has 41 heavy (non-hydrogen) atoms. The molecule has 0 radical (unpaired) electrons. The van der Waals surface area contributed by atoms with Gasteiger partial charge in [0.25, 0.3) is 0 Å². The number of para-hydroxylation sites is 1. The number of ether oxygens (including phenoxy) is 1. The van der Waals surface area contributed by atoms with Crippen LogP contribution >= 0.6 is 0 Å². The Hall–Kier alpha value is -5.40. The van der Waals surface area contributed by atoms with E-state index in [0.717, 1.165) is 17.1 Å². The Morgan fingerprint density at radius 1 is 0.341 bits per heavy atom. The van der Waals surface area contributed by atoms with E-state index in [2.05, 4.69) is 140 Å². The van der Waals surface area contributed by atoms with Crippen LogP contribution in [0.3, 0.4) is 0 Å². The first-order chi connectivity index (χ1) is 20.3. The molecule has 0 aromatic heterocycles. The Morgan fingerprint density at radius 2 is 1.07 bits per heavy atom. The van der Waals surface area contributed by atoms with E-state index in [-0.39, 0.29) is 0 Å². The number of rotatable bonds is 2. The molecule has 0 spiro atoms. The van der Waals surface area contributed by atoms with Crippen LogP contribution in [0.4, 0.5) is 0 Å². The average molecular weight is 521 g/mol. The average Bonchev–Trinajstić information content (AvgIpc) is 3.03. The highest BCUT2D eigenvalue weighted by molar-refractivity contribution is 6.20. The molecule has 0 bridgehead atoms. The summed E-state index contributed by atoms with van der Waals surface area (Å²) >= 11 is 0. The molecule has 0 saturated carbocycles. The van der Waals surface area contributed by atoms with Crippen LogP contribution in [0.5, 0.6) is 11.5 Å². The third kappa shape index (κ3) is 3.36. The zero-order valence-electron chi connectivity index (χ0n) is 22.3.